The fraction of sp³-hybridized carbons (Fsp3) is 0.611. The number of nitrogens with one attached hydrogen (secondary N) is 1. The van der Waals surface area contributed by atoms with Crippen LogP contribution in [0.15, 0.2) is 18.2 Å². The van der Waals surface area contributed by atoms with Crippen molar-refractivity contribution in [3.8, 4) is 5.75 Å². The van der Waals surface area contributed by atoms with Gasteiger partial charge >= 0.3 is 6.09 Å². The molecule has 0 aliphatic carbocycles. The average molecular weight is 319 g/mol. The summed E-state index contributed by atoms with van der Waals surface area (Å²) in [5, 5.41) is 3.03. The minimum atomic E-state index is -0.478. The molecule has 0 saturated carbocycles. The molecule has 23 heavy (non-hydrogen) atoms. The monoisotopic (exact) mass is 319 g/mol. The van der Waals surface area contributed by atoms with Crippen LogP contribution >= 0.6 is 0 Å². The van der Waals surface area contributed by atoms with Crippen LogP contribution in [-0.4, -0.2) is 37.4 Å². The number of hydrogen-bond donors (Lipinski definition) is 1. The van der Waals surface area contributed by atoms with Crippen molar-refractivity contribution in [2.45, 2.75) is 51.7 Å². The lowest BCUT2D eigenvalue weighted by Crippen LogP contribution is -2.54. The van der Waals surface area contributed by atoms with E-state index in [0.717, 1.165) is 37.4 Å². The van der Waals surface area contributed by atoms with Gasteiger partial charge in [0.2, 0.25) is 0 Å². The quantitative estimate of drug-likeness (QED) is 0.928. The third-order valence-corrected chi connectivity index (χ3v) is 4.01. The number of amides is 1. The first-order valence-electron chi connectivity index (χ1n) is 8.03. The van der Waals surface area contributed by atoms with Crippen molar-refractivity contribution < 1.29 is 14.3 Å². The lowest BCUT2D eigenvalue weighted by atomic mass is 9.89. The van der Waals surface area contributed by atoms with Crippen molar-refractivity contribution in [3.05, 3.63) is 24.3 Å². The van der Waals surface area contributed by atoms with E-state index in [4.69, 9.17) is 9.47 Å². The second kappa shape index (κ2) is 6.69. The molecule has 0 atom stereocenters. The van der Waals surface area contributed by atoms with Crippen LogP contribution in [0, 0.1) is 6.07 Å². The first-order valence-corrected chi connectivity index (χ1v) is 8.03. The Labute approximate surface area is 139 Å². The molecule has 1 aromatic rings. The molecule has 1 radical (unpaired) electrons. The van der Waals surface area contributed by atoms with Gasteiger partial charge in [0.1, 0.15) is 11.4 Å². The van der Waals surface area contributed by atoms with Crippen molar-refractivity contribution in [1.82, 2.24) is 5.32 Å². The number of ether oxygens (including phenoxy) is 2. The molecule has 1 aromatic carbocycles. The Balaban J connectivity index is 1.96. The van der Waals surface area contributed by atoms with Crippen LogP contribution in [-0.2, 0) is 4.74 Å². The largest absolute Gasteiger partial charge is 0.494 e. The van der Waals surface area contributed by atoms with E-state index in [2.05, 4.69) is 23.2 Å². The molecule has 1 saturated heterocycles. The van der Waals surface area contributed by atoms with Crippen LogP contribution in [0.1, 0.15) is 40.5 Å². The lowest BCUT2D eigenvalue weighted by Gasteiger charge is -2.41. The van der Waals surface area contributed by atoms with Gasteiger partial charge in [-0.1, -0.05) is 12.1 Å². The number of carbonyl (C=O) groups excluding carboxylic acids is 1. The number of alkyl carbamates (subject to hydrolysis) is 1. The molecular formula is C18H27N2O3. The number of carbonyl (C=O) groups is 1. The van der Waals surface area contributed by atoms with Gasteiger partial charge in [0.15, 0.2) is 0 Å². The molecule has 1 aliphatic heterocycles. The molecule has 127 valence electrons. The zero-order valence-corrected chi connectivity index (χ0v) is 14.7. The average Bonchev–Trinajstić information content (AvgIpc) is 2.45. The fourth-order valence-corrected chi connectivity index (χ4v) is 2.74. The second-order valence-electron chi connectivity index (χ2n) is 7.26. The lowest BCUT2D eigenvalue weighted by molar-refractivity contribution is 0.0448. The van der Waals surface area contributed by atoms with E-state index in [1.807, 2.05) is 39.0 Å². The van der Waals surface area contributed by atoms with Gasteiger partial charge in [-0.05, 0) is 46.6 Å². The number of benzene rings is 1. The Morgan fingerprint density at radius 2 is 2.00 bits per heavy atom. The molecule has 1 N–H and O–H groups in total. The normalized spacial score (nSPS) is 17.5. The predicted molar refractivity (Wildman–Crippen MR) is 91.1 cm³/mol. The summed E-state index contributed by atoms with van der Waals surface area (Å²) in [7, 11) is 1.66. The molecule has 1 fully saturated rings. The minimum Gasteiger partial charge on any atom is -0.494 e. The zero-order chi connectivity index (χ0) is 17.1. The zero-order valence-electron chi connectivity index (χ0n) is 14.7. The maximum Gasteiger partial charge on any atom is 0.408 e. The van der Waals surface area contributed by atoms with Crippen molar-refractivity contribution >= 4 is 11.8 Å². The molecule has 0 unspecified atom stereocenters. The van der Waals surface area contributed by atoms with E-state index >= 15 is 0 Å². The molecule has 2 rings (SSSR count). The minimum absolute atomic E-state index is 0.245. The fourth-order valence-electron chi connectivity index (χ4n) is 2.74. The van der Waals surface area contributed by atoms with E-state index < -0.39 is 5.60 Å². The van der Waals surface area contributed by atoms with Crippen molar-refractivity contribution in [1.29, 1.82) is 0 Å². The maximum atomic E-state index is 12.0. The molecule has 1 aliphatic rings. The topological polar surface area (TPSA) is 50.8 Å². The first-order chi connectivity index (χ1) is 10.7. The van der Waals surface area contributed by atoms with Gasteiger partial charge in [-0.2, -0.15) is 0 Å². The maximum absolute atomic E-state index is 12.0. The summed E-state index contributed by atoms with van der Waals surface area (Å²) in [4.78, 5) is 14.3. The van der Waals surface area contributed by atoms with Gasteiger partial charge in [-0.15, -0.1) is 0 Å². The molecule has 1 amide bonds. The molecular weight excluding hydrogens is 292 g/mol. The highest BCUT2D eigenvalue weighted by Crippen LogP contribution is 2.32. The smallest absolute Gasteiger partial charge is 0.408 e. The van der Waals surface area contributed by atoms with Crippen molar-refractivity contribution in [3.63, 3.8) is 0 Å². The summed E-state index contributed by atoms with van der Waals surface area (Å²) in [5.41, 5.74) is 0.327. The van der Waals surface area contributed by atoms with Gasteiger partial charge in [-0.3, -0.25) is 0 Å². The van der Waals surface area contributed by atoms with Gasteiger partial charge in [0, 0.05) is 24.7 Å². The van der Waals surface area contributed by atoms with E-state index in [0.29, 0.717) is 0 Å². The van der Waals surface area contributed by atoms with Crippen LogP contribution in [0.4, 0.5) is 10.5 Å². The Bertz CT molecular complexity index is 543. The second-order valence-corrected chi connectivity index (χ2v) is 7.26. The third-order valence-electron chi connectivity index (χ3n) is 4.01. The van der Waals surface area contributed by atoms with Gasteiger partial charge in [0.25, 0.3) is 0 Å². The molecule has 5 heteroatoms. The van der Waals surface area contributed by atoms with Crippen LogP contribution in [0.25, 0.3) is 0 Å². The van der Waals surface area contributed by atoms with E-state index in [1.54, 1.807) is 7.11 Å². The van der Waals surface area contributed by atoms with Gasteiger partial charge in [0.05, 0.1) is 12.8 Å². The van der Waals surface area contributed by atoms with E-state index in [-0.39, 0.29) is 11.6 Å². The van der Waals surface area contributed by atoms with Crippen molar-refractivity contribution in [2.24, 2.45) is 0 Å². The summed E-state index contributed by atoms with van der Waals surface area (Å²) >= 11 is 0. The molecule has 5 nitrogen and oxygen atoms in total. The van der Waals surface area contributed by atoms with Crippen LogP contribution in [0.3, 0.4) is 0 Å². The highest BCUT2D eigenvalue weighted by atomic mass is 16.6. The summed E-state index contributed by atoms with van der Waals surface area (Å²) in [6.45, 7) is 9.38. The van der Waals surface area contributed by atoms with Crippen LogP contribution in [0.5, 0.6) is 5.75 Å². The third kappa shape index (κ3) is 4.78. The Morgan fingerprint density at radius 1 is 1.35 bits per heavy atom. The Morgan fingerprint density at radius 3 is 2.57 bits per heavy atom. The summed E-state index contributed by atoms with van der Waals surface area (Å²) < 4.78 is 10.7. The Hall–Kier alpha value is -1.91. The predicted octanol–water partition coefficient (Wildman–Crippen LogP) is 3.38. The van der Waals surface area contributed by atoms with Crippen molar-refractivity contribution in [2.75, 3.05) is 25.1 Å². The highest BCUT2D eigenvalue weighted by Gasteiger charge is 2.33. The van der Waals surface area contributed by atoms with Gasteiger partial charge in [-0.25, -0.2) is 4.79 Å². The molecule has 0 bridgehead atoms. The van der Waals surface area contributed by atoms with E-state index in [1.165, 1.54) is 0 Å². The number of nitrogens with zero attached hydrogens (tertiary/aromatic N) is 1. The molecule has 1 heterocycles. The summed E-state index contributed by atoms with van der Waals surface area (Å²) in [6, 6.07) is 8.96. The van der Waals surface area contributed by atoms with Crippen LogP contribution in [0.2, 0.25) is 0 Å². The summed E-state index contributed by atoms with van der Waals surface area (Å²) in [5.74, 6) is 0.760. The molecule has 0 aromatic heterocycles. The first kappa shape index (κ1) is 17.4. The number of hydrogen-bond acceptors (Lipinski definition) is 4. The number of anilines is 1. The highest BCUT2D eigenvalue weighted by molar-refractivity contribution is 5.69. The summed E-state index contributed by atoms with van der Waals surface area (Å²) in [6.07, 6.45) is 1.35. The number of rotatable bonds is 3. The number of methoxy groups -OCH3 is 1. The Kier molecular flexibility index (Phi) is 5.07. The standard InChI is InChI=1S/C18H27N2O3/c1-17(2,3)23-16(21)19-18(4)10-12-20(13-11-18)14-8-6-7-9-15(14)22-5/h6-8H,10-13H2,1-5H3,(H,19,21). The van der Waals surface area contributed by atoms with E-state index in [9.17, 15) is 4.79 Å². The molecule has 0 spiro atoms. The SMILES string of the molecule is COc1[c]cccc1N1CCC(C)(NC(=O)OC(C)(C)C)CC1. The van der Waals surface area contributed by atoms with Gasteiger partial charge < -0.3 is 19.7 Å². The number of piperidine rings is 1. The number of para-hydroxylation sites is 1. The van der Waals surface area contributed by atoms with Crippen LogP contribution < -0.4 is 15.0 Å².